The first-order valence-electron chi connectivity index (χ1n) is 8.82. The van der Waals surface area contributed by atoms with Crippen molar-refractivity contribution < 1.29 is 13.2 Å². The standard InChI is InChI=1S/C19H19N5O3S/c25-19(17-7-3-9-23-11-12-28(26,27)22-18(17)23)20-13-15-5-1-2-6-16(15)14-24-10-4-8-21-24/h1-10H,11-14H2,(H,20,25). The number of rotatable bonds is 5. The molecule has 1 aromatic heterocycles. The largest absolute Gasteiger partial charge is 0.348 e. The number of hydrogen-bond donors (Lipinski definition) is 1. The lowest BCUT2D eigenvalue weighted by atomic mass is 10.1. The average Bonchev–Trinajstić information content (AvgIpc) is 3.19. The molecule has 2 aliphatic heterocycles. The lowest BCUT2D eigenvalue weighted by molar-refractivity contribution is -0.117. The zero-order chi connectivity index (χ0) is 19.6. The van der Waals surface area contributed by atoms with E-state index in [4.69, 9.17) is 0 Å². The van der Waals surface area contributed by atoms with Gasteiger partial charge in [0, 0.05) is 31.7 Å². The maximum absolute atomic E-state index is 12.7. The second-order valence-electron chi connectivity index (χ2n) is 6.47. The Morgan fingerprint density at radius 1 is 1.18 bits per heavy atom. The van der Waals surface area contributed by atoms with Gasteiger partial charge in [0.15, 0.2) is 5.84 Å². The quantitative estimate of drug-likeness (QED) is 0.813. The van der Waals surface area contributed by atoms with Crippen molar-refractivity contribution in [2.45, 2.75) is 13.1 Å². The van der Waals surface area contributed by atoms with Gasteiger partial charge in [-0.05, 0) is 29.3 Å². The van der Waals surface area contributed by atoms with Gasteiger partial charge in [0.25, 0.3) is 15.9 Å². The van der Waals surface area contributed by atoms with Crippen molar-refractivity contribution in [3.63, 3.8) is 0 Å². The monoisotopic (exact) mass is 397 g/mol. The van der Waals surface area contributed by atoms with Gasteiger partial charge in [-0.2, -0.15) is 5.10 Å². The summed E-state index contributed by atoms with van der Waals surface area (Å²) in [6.07, 6.45) is 8.63. The first-order chi connectivity index (χ1) is 13.5. The molecule has 8 nitrogen and oxygen atoms in total. The highest BCUT2D eigenvalue weighted by Crippen LogP contribution is 2.18. The summed E-state index contributed by atoms with van der Waals surface area (Å²) < 4.78 is 29.3. The fraction of sp³-hybridized carbons (Fsp3) is 0.211. The van der Waals surface area contributed by atoms with Crippen molar-refractivity contribution in [3.05, 3.63) is 77.8 Å². The lowest BCUT2D eigenvalue weighted by Gasteiger charge is -2.28. The van der Waals surface area contributed by atoms with E-state index < -0.39 is 10.0 Å². The van der Waals surface area contributed by atoms with E-state index >= 15 is 0 Å². The van der Waals surface area contributed by atoms with Gasteiger partial charge in [-0.25, -0.2) is 8.42 Å². The average molecular weight is 397 g/mol. The van der Waals surface area contributed by atoms with Crippen molar-refractivity contribution in [2.24, 2.45) is 4.40 Å². The number of amides is 1. The van der Waals surface area contributed by atoms with Crippen LogP contribution in [0.4, 0.5) is 0 Å². The summed E-state index contributed by atoms with van der Waals surface area (Å²) in [7, 11) is -3.54. The molecule has 1 N–H and O–H groups in total. The molecule has 4 rings (SSSR count). The third-order valence-corrected chi connectivity index (χ3v) is 5.70. The van der Waals surface area contributed by atoms with Crippen molar-refractivity contribution >= 4 is 21.8 Å². The Morgan fingerprint density at radius 2 is 2.00 bits per heavy atom. The minimum Gasteiger partial charge on any atom is -0.348 e. The van der Waals surface area contributed by atoms with E-state index in [9.17, 15) is 13.2 Å². The molecule has 0 saturated heterocycles. The van der Waals surface area contributed by atoms with Gasteiger partial charge in [-0.3, -0.25) is 9.48 Å². The number of aromatic nitrogens is 2. The van der Waals surface area contributed by atoms with E-state index in [0.717, 1.165) is 11.1 Å². The van der Waals surface area contributed by atoms with Crippen LogP contribution in [0.15, 0.2) is 71.0 Å². The number of hydrogen-bond acceptors (Lipinski definition) is 5. The molecule has 1 aromatic carbocycles. The highest BCUT2D eigenvalue weighted by Gasteiger charge is 2.29. The molecule has 9 heteroatoms. The normalized spacial score (nSPS) is 17.5. The third-order valence-electron chi connectivity index (χ3n) is 4.55. The zero-order valence-corrected chi connectivity index (χ0v) is 15.8. The Morgan fingerprint density at radius 3 is 2.79 bits per heavy atom. The Bertz CT molecular complexity index is 1080. The summed E-state index contributed by atoms with van der Waals surface area (Å²) in [4.78, 5) is 14.4. The van der Waals surface area contributed by atoms with Crippen LogP contribution in [-0.4, -0.2) is 47.1 Å². The van der Waals surface area contributed by atoms with Gasteiger partial charge in [0.2, 0.25) is 0 Å². The molecule has 28 heavy (non-hydrogen) atoms. The number of nitrogens with one attached hydrogen (secondary N) is 1. The SMILES string of the molecule is O=C(NCc1ccccc1Cn1cccn1)C1=CC=CN2CCS(=O)(=O)N=C12. The molecular weight excluding hydrogens is 378 g/mol. The smallest absolute Gasteiger partial charge is 0.256 e. The van der Waals surface area contributed by atoms with Gasteiger partial charge in [-0.1, -0.05) is 24.3 Å². The number of nitrogens with zero attached hydrogens (tertiary/aromatic N) is 4. The molecule has 144 valence electrons. The first kappa shape index (κ1) is 18.2. The molecule has 0 saturated carbocycles. The summed E-state index contributed by atoms with van der Waals surface area (Å²) in [6, 6.07) is 9.65. The van der Waals surface area contributed by atoms with Gasteiger partial charge in [0.1, 0.15) is 0 Å². The van der Waals surface area contributed by atoms with Gasteiger partial charge < -0.3 is 10.2 Å². The molecule has 0 bridgehead atoms. The molecule has 1 amide bonds. The van der Waals surface area contributed by atoms with Crippen LogP contribution >= 0.6 is 0 Å². The lowest BCUT2D eigenvalue weighted by Crippen LogP contribution is -2.42. The van der Waals surface area contributed by atoms with Crippen LogP contribution in [0.2, 0.25) is 0 Å². The minimum atomic E-state index is -3.54. The first-order valence-corrected chi connectivity index (χ1v) is 10.4. The van der Waals surface area contributed by atoms with Crippen LogP contribution in [0.5, 0.6) is 0 Å². The Labute approximate surface area is 162 Å². The van der Waals surface area contributed by atoms with E-state index in [-0.39, 0.29) is 29.6 Å². The molecule has 2 aliphatic rings. The van der Waals surface area contributed by atoms with Gasteiger partial charge >= 0.3 is 0 Å². The number of carbonyl (C=O) groups is 1. The Hall–Kier alpha value is -3.20. The van der Waals surface area contributed by atoms with Crippen molar-refractivity contribution in [1.29, 1.82) is 0 Å². The zero-order valence-electron chi connectivity index (χ0n) is 15.0. The maximum Gasteiger partial charge on any atom is 0.256 e. The Balaban J connectivity index is 1.50. The van der Waals surface area contributed by atoms with Crippen LogP contribution in [0.25, 0.3) is 0 Å². The highest BCUT2D eigenvalue weighted by atomic mass is 32.2. The predicted molar refractivity (Wildman–Crippen MR) is 105 cm³/mol. The van der Waals surface area contributed by atoms with E-state index in [1.807, 2.05) is 41.2 Å². The minimum absolute atomic E-state index is 0.0590. The predicted octanol–water partition coefficient (Wildman–Crippen LogP) is 1.05. The summed E-state index contributed by atoms with van der Waals surface area (Å²) in [6.45, 7) is 1.20. The van der Waals surface area contributed by atoms with E-state index in [1.165, 1.54) is 0 Å². The van der Waals surface area contributed by atoms with Gasteiger partial charge in [-0.15, -0.1) is 4.40 Å². The summed E-state index contributed by atoms with van der Waals surface area (Å²) in [5.74, 6) is -0.244. The molecule has 3 heterocycles. The highest BCUT2D eigenvalue weighted by molar-refractivity contribution is 7.90. The number of sulfonamides is 1. The topological polar surface area (TPSA) is 96.7 Å². The molecule has 0 spiro atoms. The summed E-state index contributed by atoms with van der Waals surface area (Å²) in [5, 5.41) is 7.09. The number of amidine groups is 1. The number of carbonyl (C=O) groups excluding carboxylic acids is 1. The number of allylic oxidation sites excluding steroid dienone is 2. The molecule has 2 aromatic rings. The van der Waals surface area contributed by atoms with E-state index in [2.05, 4.69) is 14.8 Å². The van der Waals surface area contributed by atoms with Crippen LogP contribution in [-0.2, 0) is 27.9 Å². The van der Waals surface area contributed by atoms with Crippen molar-refractivity contribution in [3.8, 4) is 0 Å². The molecule has 0 aliphatic carbocycles. The molecule has 0 fully saturated rings. The molecular formula is C19H19N5O3S. The maximum atomic E-state index is 12.7. The van der Waals surface area contributed by atoms with Crippen molar-refractivity contribution in [1.82, 2.24) is 20.0 Å². The Kier molecular flexibility index (Phi) is 4.82. The number of benzene rings is 1. The van der Waals surface area contributed by atoms with Crippen LogP contribution in [0.1, 0.15) is 11.1 Å². The fourth-order valence-electron chi connectivity index (χ4n) is 3.12. The molecule has 0 radical (unpaired) electrons. The second kappa shape index (κ2) is 7.43. The van der Waals surface area contributed by atoms with E-state index in [0.29, 0.717) is 13.1 Å². The van der Waals surface area contributed by atoms with E-state index in [1.54, 1.807) is 29.4 Å². The van der Waals surface area contributed by atoms with Crippen molar-refractivity contribution in [2.75, 3.05) is 12.3 Å². The summed E-state index contributed by atoms with van der Waals surface area (Å²) in [5.41, 5.74) is 2.26. The number of fused-ring (bicyclic) bond motifs is 1. The second-order valence-corrected chi connectivity index (χ2v) is 8.23. The van der Waals surface area contributed by atoms with Crippen LogP contribution in [0.3, 0.4) is 0 Å². The molecule has 0 atom stereocenters. The van der Waals surface area contributed by atoms with Gasteiger partial charge in [0.05, 0.1) is 17.9 Å². The van der Waals surface area contributed by atoms with Crippen LogP contribution < -0.4 is 5.32 Å². The summed E-state index contributed by atoms with van der Waals surface area (Å²) >= 11 is 0. The molecule has 0 unspecified atom stereocenters. The fourth-order valence-corrected chi connectivity index (χ4v) is 4.10. The van der Waals surface area contributed by atoms with Crippen LogP contribution in [0, 0.1) is 0 Å². The third kappa shape index (κ3) is 3.89.